The Morgan fingerprint density at radius 3 is 2.67 bits per heavy atom. The van der Waals surface area contributed by atoms with E-state index in [0.29, 0.717) is 18.2 Å². The number of nitrogens with one attached hydrogen (secondary N) is 1. The van der Waals surface area contributed by atoms with E-state index in [4.69, 9.17) is 4.74 Å². The number of hydrogen-bond donors (Lipinski definition) is 1. The molecule has 2 heterocycles. The lowest BCUT2D eigenvalue weighted by Crippen LogP contribution is -2.06. The van der Waals surface area contributed by atoms with E-state index in [1.54, 1.807) is 13.2 Å². The lowest BCUT2D eigenvalue weighted by molar-refractivity contribution is 0.392. The van der Waals surface area contributed by atoms with Crippen molar-refractivity contribution in [3.05, 3.63) is 47.9 Å². The van der Waals surface area contributed by atoms with Crippen molar-refractivity contribution in [2.24, 2.45) is 0 Å². The number of aryl methyl sites for hydroxylation is 1. The Balaban J connectivity index is 1.84. The van der Waals surface area contributed by atoms with Crippen LogP contribution in [0.2, 0.25) is 0 Å². The van der Waals surface area contributed by atoms with Gasteiger partial charge < -0.3 is 10.1 Å². The molecule has 0 amide bonds. The average Bonchev–Trinajstić information content (AvgIpc) is 2.53. The monoisotopic (exact) mass is 281 g/mol. The van der Waals surface area contributed by atoms with Gasteiger partial charge in [0, 0.05) is 11.5 Å². The Morgan fingerprint density at radius 2 is 1.90 bits per heavy atom. The van der Waals surface area contributed by atoms with Crippen LogP contribution in [0.3, 0.4) is 0 Å². The molecule has 6 nitrogen and oxygen atoms in total. The summed E-state index contributed by atoms with van der Waals surface area (Å²) < 4.78 is 4.98. The molecule has 0 saturated carbocycles. The molecule has 1 N–H and O–H groups in total. The highest BCUT2D eigenvalue weighted by Crippen LogP contribution is 2.16. The van der Waals surface area contributed by atoms with Crippen molar-refractivity contribution in [1.29, 1.82) is 0 Å². The van der Waals surface area contributed by atoms with Gasteiger partial charge >= 0.3 is 0 Å². The van der Waals surface area contributed by atoms with Crippen molar-refractivity contribution >= 4 is 16.7 Å². The molecule has 21 heavy (non-hydrogen) atoms. The van der Waals surface area contributed by atoms with Crippen LogP contribution in [0.4, 0.5) is 5.82 Å². The van der Waals surface area contributed by atoms with Crippen molar-refractivity contribution in [3.8, 4) is 5.88 Å². The molecule has 3 rings (SSSR count). The summed E-state index contributed by atoms with van der Waals surface area (Å²) in [5.74, 6) is 1.92. The molecule has 2 aromatic heterocycles. The van der Waals surface area contributed by atoms with E-state index in [2.05, 4.69) is 25.5 Å². The van der Waals surface area contributed by atoms with Gasteiger partial charge in [0.2, 0.25) is 5.88 Å². The average molecular weight is 281 g/mol. The van der Waals surface area contributed by atoms with Crippen LogP contribution < -0.4 is 10.1 Å². The standard InChI is InChI=1S/C15H15N5O/c1-10-17-12-6-4-3-5-11(12)13(18-10)9-16-14-7-8-15(21-2)20-19-14/h3-8H,9H2,1-2H3,(H,16,19). The normalized spacial score (nSPS) is 10.6. The maximum atomic E-state index is 4.98. The third-order valence-electron chi connectivity index (χ3n) is 3.08. The van der Waals surface area contributed by atoms with Gasteiger partial charge in [-0.05, 0) is 19.1 Å². The highest BCUT2D eigenvalue weighted by atomic mass is 16.5. The summed E-state index contributed by atoms with van der Waals surface area (Å²) in [4.78, 5) is 8.93. The number of para-hydroxylation sites is 1. The van der Waals surface area contributed by atoms with Gasteiger partial charge in [0.05, 0.1) is 24.9 Å². The maximum Gasteiger partial charge on any atom is 0.233 e. The highest BCUT2D eigenvalue weighted by molar-refractivity contribution is 5.80. The number of aromatic nitrogens is 4. The van der Waals surface area contributed by atoms with Crippen molar-refractivity contribution in [3.63, 3.8) is 0 Å². The first-order valence-corrected chi connectivity index (χ1v) is 6.60. The van der Waals surface area contributed by atoms with E-state index >= 15 is 0 Å². The summed E-state index contributed by atoms with van der Waals surface area (Å²) in [5, 5.41) is 12.2. The van der Waals surface area contributed by atoms with Gasteiger partial charge in [0.15, 0.2) is 0 Å². The minimum atomic E-state index is 0.490. The Morgan fingerprint density at radius 1 is 1.05 bits per heavy atom. The van der Waals surface area contributed by atoms with Crippen LogP contribution in [0.25, 0.3) is 10.9 Å². The fourth-order valence-corrected chi connectivity index (χ4v) is 2.10. The van der Waals surface area contributed by atoms with Gasteiger partial charge in [-0.2, -0.15) is 0 Å². The topological polar surface area (TPSA) is 72.8 Å². The van der Waals surface area contributed by atoms with Gasteiger partial charge in [-0.25, -0.2) is 9.97 Å². The zero-order chi connectivity index (χ0) is 14.7. The molecule has 3 aromatic rings. The maximum absolute atomic E-state index is 4.98. The molecule has 0 unspecified atom stereocenters. The second-order valence-corrected chi connectivity index (χ2v) is 4.55. The number of benzene rings is 1. The largest absolute Gasteiger partial charge is 0.480 e. The molecule has 0 aliphatic carbocycles. The quantitative estimate of drug-likeness (QED) is 0.791. The number of methoxy groups -OCH3 is 1. The third-order valence-corrected chi connectivity index (χ3v) is 3.08. The zero-order valence-electron chi connectivity index (χ0n) is 11.9. The molecule has 0 atom stereocenters. The first-order valence-electron chi connectivity index (χ1n) is 6.60. The molecule has 0 spiro atoms. The summed E-state index contributed by atoms with van der Waals surface area (Å²) in [6, 6.07) is 11.5. The summed E-state index contributed by atoms with van der Waals surface area (Å²) in [7, 11) is 1.56. The SMILES string of the molecule is COc1ccc(NCc2nc(C)nc3ccccc23)nn1. The fraction of sp³-hybridized carbons (Fsp3) is 0.200. The number of ether oxygens (including phenoxy) is 1. The predicted octanol–water partition coefficient (Wildman–Crippen LogP) is 2.35. The molecule has 0 bridgehead atoms. The summed E-state index contributed by atoms with van der Waals surface area (Å²) in [5.41, 5.74) is 1.89. The molecular weight excluding hydrogens is 266 g/mol. The lowest BCUT2D eigenvalue weighted by atomic mass is 10.2. The Bertz CT molecular complexity index is 758. The number of hydrogen-bond acceptors (Lipinski definition) is 6. The van der Waals surface area contributed by atoms with E-state index in [-0.39, 0.29) is 0 Å². The number of nitrogens with zero attached hydrogens (tertiary/aromatic N) is 4. The second kappa shape index (κ2) is 5.70. The van der Waals surface area contributed by atoms with Crippen LogP contribution >= 0.6 is 0 Å². The molecular formula is C15H15N5O. The molecule has 106 valence electrons. The van der Waals surface area contributed by atoms with E-state index in [1.807, 2.05) is 37.3 Å². The first-order chi connectivity index (χ1) is 10.3. The van der Waals surface area contributed by atoms with Crippen LogP contribution in [-0.4, -0.2) is 27.3 Å². The van der Waals surface area contributed by atoms with Gasteiger partial charge in [-0.3, -0.25) is 0 Å². The number of fused-ring (bicyclic) bond motifs is 1. The second-order valence-electron chi connectivity index (χ2n) is 4.55. The molecule has 0 aliphatic heterocycles. The van der Waals surface area contributed by atoms with Crippen molar-refractivity contribution in [2.45, 2.75) is 13.5 Å². The van der Waals surface area contributed by atoms with Crippen molar-refractivity contribution in [2.75, 3.05) is 12.4 Å². The summed E-state index contributed by atoms with van der Waals surface area (Å²) >= 11 is 0. The summed E-state index contributed by atoms with van der Waals surface area (Å²) in [6.07, 6.45) is 0. The van der Waals surface area contributed by atoms with Crippen LogP contribution in [0.5, 0.6) is 5.88 Å². The van der Waals surface area contributed by atoms with E-state index < -0.39 is 0 Å². The molecule has 0 radical (unpaired) electrons. The fourth-order valence-electron chi connectivity index (χ4n) is 2.10. The Hall–Kier alpha value is -2.76. The molecule has 0 saturated heterocycles. The molecule has 0 aliphatic rings. The Kier molecular flexibility index (Phi) is 3.59. The van der Waals surface area contributed by atoms with Gasteiger partial charge in [0.25, 0.3) is 0 Å². The van der Waals surface area contributed by atoms with Crippen LogP contribution in [0.1, 0.15) is 11.5 Å². The Labute approximate surface area is 122 Å². The van der Waals surface area contributed by atoms with Gasteiger partial charge in [0.1, 0.15) is 11.6 Å². The molecule has 0 fully saturated rings. The molecule has 6 heteroatoms. The lowest BCUT2D eigenvalue weighted by Gasteiger charge is -2.08. The van der Waals surface area contributed by atoms with Crippen LogP contribution in [0, 0.1) is 6.92 Å². The molecule has 1 aromatic carbocycles. The van der Waals surface area contributed by atoms with Crippen LogP contribution in [0.15, 0.2) is 36.4 Å². The highest BCUT2D eigenvalue weighted by Gasteiger charge is 2.06. The van der Waals surface area contributed by atoms with Crippen LogP contribution in [-0.2, 0) is 6.54 Å². The third kappa shape index (κ3) is 2.89. The van der Waals surface area contributed by atoms with E-state index in [1.165, 1.54) is 0 Å². The van der Waals surface area contributed by atoms with Gasteiger partial charge in [-0.1, -0.05) is 18.2 Å². The van der Waals surface area contributed by atoms with Gasteiger partial charge in [-0.15, -0.1) is 10.2 Å². The number of rotatable bonds is 4. The van der Waals surface area contributed by atoms with Crippen molar-refractivity contribution < 1.29 is 4.74 Å². The number of anilines is 1. The minimum absolute atomic E-state index is 0.490. The predicted molar refractivity (Wildman–Crippen MR) is 80.2 cm³/mol. The zero-order valence-corrected chi connectivity index (χ0v) is 11.9. The minimum Gasteiger partial charge on any atom is -0.480 e. The summed E-state index contributed by atoms with van der Waals surface area (Å²) in [6.45, 7) is 2.45. The first kappa shape index (κ1) is 13.2. The van der Waals surface area contributed by atoms with E-state index in [0.717, 1.165) is 22.4 Å². The smallest absolute Gasteiger partial charge is 0.233 e. The van der Waals surface area contributed by atoms with Crippen molar-refractivity contribution in [1.82, 2.24) is 20.2 Å². The van der Waals surface area contributed by atoms with E-state index in [9.17, 15) is 0 Å².